The highest BCUT2D eigenvalue weighted by Crippen LogP contribution is 2.22. The highest BCUT2D eigenvalue weighted by atomic mass is 35.5. The molecule has 0 saturated heterocycles. The van der Waals surface area contributed by atoms with Crippen molar-refractivity contribution in [2.24, 2.45) is 5.92 Å². The fourth-order valence-electron chi connectivity index (χ4n) is 1.63. The molecule has 0 saturated carbocycles. The molecule has 21 heavy (non-hydrogen) atoms. The van der Waals surface area contributed by atoms with E-state index < -0.39 is 10.0 Å². The van der Waals surface area contributed by atoms with Crippen molar-refractivity contribution in [1.82, 2.24) is 4.90 Å². The van der Waals surface area contributed by atoms with Gasteiger partial charge in [0.15, 0.2) is 0 Å². The molecule has 0 spiro atoms. The van der Waals surface area contributed by atoms with Crippen molar-refractivity contribution in [2.45, 2.75) is 6.92 Å². The highest BCUT2D eigenvalue weighted by Gasteiger charge is 2.18. The molecule has 0 aliphatic heterocycles. The number of nitrogens with zero attached hydrogens (tertiary/aromatic N) is 1. The SMILES string of the molecule is CC(CCl)CS(=O)(=O)Nc1ccc(Cl)c(C(=O)N(C)C)c1. The van der Waals surface area contributed by atoms with Crippen LogP contribution in [0.2, 0.25) is 5.02 Å². The molecule has 1 unspecified atom stereocenters. The molecule has 1 aromatic carbocycles. The van der Waals surface area contributed by atoms with Gasteiger partial charge in [-0.15, -0.1) is 11.6 Å². The lowest BCUT2D eigenvalue weighted by atomic mass is 10.2. The number of sulfonamides is 1. The molecule has 0 aromatic heterocycles. The lowest BCUT2D eigenvalue weighted by molar-refractivity contribution is 0.0828. The van der Waals surface area contributed by atoms with Gasteiger partial charge in [0.25, 0.3) is 5.91 Å². The number of carbonyl (C=O) groups is 1. The standard InChI is InChI=1S/C13H18Cl2N2O3S/c1-9(7-14)8-21(19,20)16-10-4-5-12(15)11(6-10)13(18)17(2)3/h4-6,9,16H,7-8H2,1-3H3. The zero-order chi connectivity index (χ0) is 16.2. The molecule has 0 heterocycles. The minimum atomic E-state index is -3.52. The first-order chi connectivity index (χ1) is 9.66. The summed E-state index contributed by atoms with van der Waals surface area (Å²) in [6.07, 6.45) is 0. The van der Waals surface area contributed by atoms with Crippen LogP contribution in [0.3, 0.4) is 0 Å². The van der Waals surface area contributed by atoms with Crippen LogP contribution in [-0.4, -0.2) is 45.0 Å². The maximum atomic E-state index is 12.0. The number of benzene rings is 1. The lowest BCUT2D eigenvalue weighted by Gasteiger charge is -2.14. The van der Waals surface area contributed by atoms with E-state index in [1.165, 1.54) is 23.1 Å². The highest BCUT2D eigenvalue weighted by molar-refractivity contribution is 7.92. The summed E-state index contributed by atoms with van der Waals surface area (Å²) in [7, 11) is -0.334. The zero-order valence-electron chi connectivity index (χ0n) is 12.1. The van der Waals surface area contributed by atoms with E-state index >= 15 is 0 Å². The van der Waals surface area contributed by atoms with Crippen molar-refractivity contribution < 1.29 is 13.2 Å². The predicted octanol–water partition coefficient (Wildman–Crippen LogP) is 2.66. The minimum Gasteiger partial charge on any atom is -0.345 e. The van der Waals surface area contributed by atoms with Gasteiger partial charge in [-0.2, -0.15) is 0 Å². The smallest absolute Gasteiger partial charge is 0.254 e. The quantitative estimate of drug-likeness (QED) is 0.800. The van der Waals surface area contributed by atoms with Crippen molar-refractivity contribution in [2.75, 3.05) is 30.5 Å². The number of amides is 1. The average molecular weight is 353 g/mol. The molecule has 1 N–H and O–H groups in total. The number of rotatable bonds is 6. The van der Waals surface area contributed by atoms with Crippen LogP contribution in [0.25, 0.3) is 0 Å². The molecule has 8 heteroatoms. The van der Waals surface area contributed by atoms with E-state index in [2.05, 4.69) is 4.72 Å². The van der Waals surface area contributed by atoms with E-state index in [1.54, 1.807) is 21.0 Å². The van der Waals surface area contributed by atoms with Gasteiger partial charge in [-0.1, -0.05) is 18.5 Å². The molecule has 118 valence electrons. The molecule has 1 atom stereocenters. The maximum absolute atomic E-state index is 12.0. The molecule has 0 aliphatic carbocycles. The number of alkyl halides is 1. The first-order valence-electron chi connectivity index (χ1n) is 6.24. The van der Waals surface area contributed by atoms with Crippen LogP contribution in [0.4, 0.5) is 5.69 Å². The van der Waals surface area contributed by atoms with Gasteiger partial charge in [0.2, 0.25) is 10.0 Å². The fraction of sp³-hybridized carbons (Fsp3) is 0.462. The summed E-state index contributed by atoms with van der Waals surface area (Å²) < 4.78 is 26.4. The van der Waals surface area contributed by atoms with Crippen LogP contribution in [-0.2, 0) is 10.0 Å². The molecule has 1 aromatic rings. The van der Waals surface area contributed by atoms with E-state index in [1.807, 2.05) is 0 Å². The summed E-state index contributed by atoms with van der Waals surface area (Å²) in [4.78, 5) is 13.3. The first kappa shape index (κ1) is 18.1. The Kier molecular flexibility index (Phi) is 6.31. The number of hydrogen-bond acceptors (Lipinski definition) is 3. The van der Waals surface area contributed by atoms with E-state index in [0.29, 0.717) is 5.69 Å². The van der Waals surface area contributed by atoms with Gasteiger partial charge >= 0.3 is 0 Å². The van der Waals surface area contributed by atoms with Crippen molar-refractivity contribution in [3.63, 3.8) is 0 Å². The van der Waals surface area contributed by atoms with Gasteiger partial charge in [-0.25, -0.2) is 8.42 Å². The van der Waals surface area contributed by atoms with Gasteiger partial charge in [-0.05, 0) is 24.1 Å². The third-order valence-electron chi connectivity index (χ3n) is 2.64. The van der Waals surface area contributed by atoms with Crippen LogP contribution in [0, 0.1) is 5.92 Å². The minimum absolute atomic E-state index is 0.0872. The second kappa shape index (κ2) is 7.33. The largest absolute Gasteiger partial charge is 0.345 e. The number of nitrogens with one attached hydrogen (secondary N) is 1. The Balaban J connectivity index is 3.01. The van der Waals surface area contributed by atoms with E-state index in [0.717, 1.165) is 0 Å². The summed E-state index contributed by atoms with van der Waals surface area (Å²) in [6.45, 7) is 1.75. The van der Waals surface area contributed by atoms with Crippen LogP contribution in [0.1, 0.15) is 17.3 Å². The summed E-state index contributed by atoms with van der Waals surface area (Å²) in [6, 6.07) is 4.42. The Hall–Kier alpha value is -0.980. The molecule has 0 radical (unpaired) electrons. The average Bonchev–Trinajstić information content (AvgIpc) is 2.39. The Bertz CT molecular complexity index is 618. The number of carbonyl (C=O) groups excluding carboxylic acids is 1. The zero-order valence-corrected chi connectivity index (χ0v) is 14.4. The number of anilines is 1. The van der Waals surface area contributed by atoms with Crippen molar-refractivity contribution in [1.29, 1.82) is 0 Å². The molecule has 0 bridgehead atoms. The van der Waals surface area contributed by atoms with Crippen molar-refractivity contribution >= 4 is 44.8 Å². The van der Waals surface area contributed by atoms with Crippen LogP contribution in [0.15, 0.2) is 18.2 Å². The first-order valence-corrected chi connectivity index (χ1v) is 8.80. The molecule has 0 fully saturated rings. The second-order valence-corrected chi connectivity index (χ2v) is 7.52. The molecule has 1 amide bonds. The molecular weight excluding hydrogens is 335 g/mol. The van der Waals surface area contributed by atoms with Crippen molar-refractivity contribution in [3.05, 3.63) is 28.8 Å². The summed E-state index contributed by atoms with van der Waals surface area (Å²) in [5.74, 6) is -0.295. The second-order valence-electron chi connectivity index (χ2n) is 5.04. The topological polar surface area (TPSA) is 66.5 Å². The summed E-state index contributed by atoms with van der Waals surface area (Å²) in [5.41, 5.74) is 0.540. The molecular formula is C13H18Cl2N2O3S. The van der Waals surface area contributed by atoms with Crippen LogP contribution in [0.5, 0.6) is 0 Å². The van der Waals surface area contributed by atoms with Gasteiger partial charge < -0.3 is 4.90 Å². The Morgan fingerprint density at radius 1 is 1.38 bits per heavy atom. The normalized spacial score (nSPS) is 12.8. The number of halogens is 2. The molecule has 1 rings (SSSR count). The summed E-state index contributed by atoms with van der Waals surface area (Å²) in [5, 5.41) is 0.269. The third kappa shape index (κ3) is 5.37. The fourth-order valence-corrected chi connectivity index (χ4v) is 3.51. The lowest BCUT2D eigenvalue weighted by Crippen LogP contribution is -2.24. The Morgan fingerprint density at radius 3 is 2.52 bits per heavy atom. The predicted molar refractivity (Wildman–Crippen MR) is 86.8 cm³/mol. The van der Waals surface area contributed by atoms with Gasteiger partial charge in [-0.3, -0.25) is 9.52 Å². The van der Waals surface area contributed by atoms with Crippen molar-refractivity contribution in [3.8, 4) is 0 Å². The molecule has 0 aliphatic rings. The number of hydrogen-bond donors (Lipinski definition) is 1. The van der Waals surface area contributed by atoms with Gasteiger partial charge in [0.05, 0.1) is 16.3 Å². The van der Waals surface area contributed by atoms with E-state index in [-0.39, 0.29) is 34.0 Å². The van der Waals surface area contributed by atoms with Crippen LogP contribution >= 0.6 is 23.2 Å². The Morgan fingerprint density at radius 2 is 2.00 bits per heavy atom. The van der Waals surface area contributed by atoms with Gasteiger partial charge in [0, 0.05) is 25.7 Å². The van der Waals surface area contributed by atoms with Crippen LogP contribution < -0.4 is 4.72 Å². The molecule has 5 nitrogen and oxygen atoms in total. The van der Waals surface area contributed by atoms with E-state index in [9.17, 15) is 13.2 Å². The monoisotopic (exact) mass is 352 g/mol. The van der Waals surface area contributed by atoms with E-state index in [4.69, 9.17) is 23.2 Å². The Labute approximate surface area is 135 Å². The third-order valence-corrected chi connectivity index (χ3v) is 5.05. The summed E-state index contributed by atoms with van der Waals surface area (Å²) >= 11 is 11.6. The van der Waals surface area contributed by atoms with Gasteiger partial charge in [0.1, 0.15) is 0 Å². The maximum Gasteiger partial charge on any atom is 0.254 e.